The van der Waals surface area contributed by atoms with Gasteiger partial charge in [-0.3, -0.25) is 4.68 Å². The number of rotatable bonds is 4. The maximum absolute atomic E-state index is 13.2. The Balaban J connectivity index is 1.59. The SMILES string of the molecule is Fc1cccc(NC(=S)Nc2cnn(Cc3ccc(Cl)cc3)c2)c1. The van der Waals surface area contributed by atoms with Crippen molar-refractivity contribution in [1.29, 1.82) is 0 Å². The second kappa shape index (κ2) is 7.42. The number of thiocarbonyl (C=S) groups is 1. The van der Waals surface area contributed by atoms with E-state index >= 15 is 0 Å². The van der Waals surface area contributed by atoms with Gasteiger partial charge in [0.2, 0.25) is 0 Å². The lowest BCUT2D eigenvalue weighted by atomic mass is 10.2. The first kappa shape index (κ1) is 16.4. The summed E-state index contributed by atoms with van der Waals surface area (Å²) in [6, 6.07) is 13.7. The average Bonchev–Trinajstić information content (AvgIpc) is 2.96. The van der Waals surface area contributed by atoms with Crippen LogP contribution in [0.25, 0.3) is 0 Å². The molecular formula is C17H14ClFN4S. The van der Waals surface area contributed by atoms with Crippen LogP contribution in [0.2, 0.25) is 5.02 Å². The maximum Gasteiger partial charge on any atom is 0.175 e. The molecule has 1 aromatic heterocycles. The van der Waals surface area contributed by atoms with Crippen LogP contribution in [-0.4, -0.2) is 14.9 Å². The Hall–Kier alpha value is -2.44. The highest BCUT2D eigenvalue weighted by atomic mass is 35.5. The molecule has 0 amide bonds. The molecule has 0 aliphatic carbocycles. The number of anilines is 2. The highest BCUT2D eigenvalue weighted by molar-refractivity contribution is 7.80. The van der Waals surface area contributed by atoms with E-state index in [1.54, 1.807) is 23.0 Å². The van der Waals surface area contributed by atoms with Crippen molar-refractivity contribution < 1.29 is 4.39 Å². The smallest absolute Gasteiger partial charge is 0.175 e. The van der Waals surface area contributed by atoms with Gasteiger partial charge in [-0.1, -0.05) is 29.8 Å². The molecule has 0 bridgehead atoms. The minimum absolute atomic E-state index is 0.321. The van der Waals surface area contributed by atoms with Gasteiger partial charge in [0.1, 0.15) is 5.82 Å². The predicted octanol–water partition coefficient (Wildman–Crippen LogP) is 4.53. The summed E-state index contributed by atoms with van der Waals surface area (Å²) in [6.45, 7) is 0.628. The fourth-order valence-electron chi connectivity index (χ4n) is 2.15. The molecule has 0 saturated carbocycles. The molecule has 24 heavy (non-hydrogen) atoms. The van der Waals surface area contributed by atoms with E-state index in [-0.39, 0.29) is 5.82 Å². The number of nitrogens with zero attached hydrogens (tertiary/aromatic N) is 2. The van der Waals surface area contributed by atoms with Gasteiger partial charge in [0.05, 0.1) is 18.4 Å². The molecule has 0 fully saturated rings. The third-order valence-corrected chi connectivity index (χ3v) is 3.69. The molecule has 2 N–H and O–H groups in total. The second-order valence-corrected chi connectivity index (χ2v) is 5.99. The largest absolute Gasteiger partial charge is 0.332 e. The van der Waals surface area contributed by atoms with E-state index in [1.807, 2.05) is 30.5 Å². The van der Waals surface area contributed by atoms with E-state index < -0.39 is 0 Å². The topological polar surface area (TPSA) is 41.9 Å². The van der Waals surface area contributed by atoms with Gasteiger partial charge >= 0.3 is 0 Å². The van der Waals surface area contributed by atoms with Crippen molar-refractivity contribution in [2.45, 2.75) is 6.54 Å². The molecule has 0 aliphatic heterocycles. The molecule has 1 heterocycles. The summed E-state index contributed by atoms with van der Waals surface area (Å²) in [6.07, 6.45) is 3.52. The number of hydrogen-bond donors (Lipinski definition) is 2. The van der Waals surface area contributed by atoms with Crippen LogP contribution in [0, 0.1) is 5.82 Å². The van der Waals surface area contributed by atoms with E-state index in [0.717, 1.165) is 11.3 Å². The second-order valence-electron chi connectivity index (χ2n) is 5.14. The first-order valence-electron chi connectivity index (χ1n) is 7.19. The molecule has 122 valence electrons. The molecule has 4 nitrogen and oxygen atoms in total. The van der Waals surface area contributed by atoms with Crippen molar-refractivity contribution in [2.75, 3.05) is 10.6 Å². The molecule has 0 saturated heterocycles. The molecule has 0 aliphatic rings. The van der Waals surface area contributed by atoms with Crippen molar-refractivity contribution in [3.63, 3.8) is 0 Å². The van der Waals surface area contributed by atoms with E-state index in [4.69, 9.17) is 23.8 Å². The lowest BCUT2D eigenvalue weighted by molar-refractivity contribution is 0.628. The number of hydrogen-bond acceptors (Lipinski definition) is 2. The van der Waals surface area contributed by atoms with Crippen molar-refractivity contribution in [1.82, 2.24) is 9.78 Å². The molecule has 0 unspecified atom stereocenters. The highest BCUT2D eigenvalue weighted by Gasteiger charge is 2.03. The number of nitrogens with one attached hydrogen (secondary N) is 2. The lowest BCUT2D eigenvalue weighted by Gasteiger charge is -2.08. The van der Waals surface area contributed by atoms with E-state index in [1.165, 1.54) is 12.1 Å². The first-order valence-corrected chi connectivity index (χ1v) is 7.97. The van der Waals surface area contributed by atoms with Crippen LogP contribution >= 0.6 is 23.8 Å². The number of halogens is 2. The average molecular weight is 361 g/mol. The van der Waals surface area contributed by atoms with Crippen LogP contribution in [-0.2, 0) is 6.54 Å². The summed E-state index contributed by atoms with van der Waals surface area (Å²) in [5.74, 6) is -0.321. The minimum atomic E-state index is -0.321. The zero-order valence-corrected chi connectivity index (χ0v) is 14.1. The summed E-state index contributed by atoms with van der Waals surface area (Å²) in [7, 11) is 0. The van der Waals surface area contributed by atoms with Gasteiger partial charge in [-0.2, -0.15) is 5.10 Å². The van der Waals surface area contributed by atoms with E-state index in [0.29, 0.717) is 22.4 Å². The summed E-state index contributed by atoms with van der Waals surface area (Å²) >= 11 is 11.1. The minimum Gasteiger partial charge on any atom is -0.332 e. The monoisotopic (exact) mass is 360 g/mol. The first-order chi connectivity index (χ1) is 11.6. The molecule has 7 heteroatoms. The lowest BCUT2D eigenvalue weighted by Crippen LogP contribution is -2.18. The Morgan fingerprint density at radius 3 is 2.62 bits per heavy atom. The van der Waals surface area contributed by atoms with Gasteiger partial charge in [-0.25, -0.2) is 4.39 Å². The van der Waals surface area contributed by atoms with Gasteiger partial charge in [-0.15, -0.1) is 0 Å². The van der Waals surface area contributed by atoms with Crippen LogP contribution in [0.4, 0.5) is 15.8 Å². The van der Waals surface area contributed by atoms with Gasteiger partial charge in [0, 0.05) is 16.9 Å². The van der Waals surface area contributed by atoms with E-state index in [2.05, 4.69) is 15.7 Å². The Labute approximate surface area is 149 Å². The molecule has 0 radical (unpaired) electrons. The quantitative estimate of drug-likeness (QED) is 0.671. The third-order valence-electron chi connectivity index (χ3n) is 3.23. The molecule has 2 aromatic carbocycles. The molecular weight excluding hydrogens is 347 g/mol. The van der Waals surface area contributed by atoms with Crippen LogP contribution < -0.4 is 10.6 Å². The van der Waals surface area contributed by atoms with Crippen molar-refractivity contribution in [3.05, 3.63) is 77.3 Å². The zero-order chi connectivity index (χ0) is 16.9. The van der Waals surface area contributed by atoms with Crippen molar-refractivity contribution in [2.24, 2.45) is 0 Å². The fraction of sp³-hybridized carbons (Fsp3) is 0.0588. The standard InChI is InChI=1S/C17H14ClFN4S/c18-13-6-4-12(5-7-13)10-23-11-16(9-20-23)22-17(24)21-15-3-1-2-14(19)8-15/h1-9,11H,10H2,(H2,21,22,24). The van der Waals surface area contributed by atoms with Crippen LogP contribution in [0.5, 0.6) is 0 Å². The maximum atomic E-state index is 13.2. The Morgan fingerprint density at radius 2 is 1.88 bits per heavy atom. The summed E-state index contributed by atoms with van der Waals surface area (Å²) in [4.78, 5) is 0. The van der Waals surface area contributed by atoms with Crippen molar-refractivity contribution >= 4 is 40.3 Å². The van der Waals surface area contributed by atoms with Crippen LogP contribution in [0.1, 0.15) is 5.56 Å². The molecule has 3 aromatic rings. The number of aromatic nitrogens is 2. The van der Waals surface area contributed by atoms with Gasteiger partial charge < -0.3 is 10.6 Å². The molecule has 0 spiro atoms. The predicted molar refractivity (Wildman–Crippen MR) is 99.0 cm³/mol. The van der Waals surface area contributed by atoms with E-state index in [9.17, 15) is 4.39 Å². The molecule has 0 atom stereocenters. The van der Waals surface area contributed by atoms with Gasteiger partial charge in [-0.05, 0) is 48.1 Å². The Kier molecular flexibility index (Phi) is 5.08. The summed E-state index contributed by atoms with van der Waals surface area (Å²) in [5, 5.41) is 11.3. The summed E-state index contributed by atoms with van der Waals surface area (Å²) < 4.78 is 14.9. The van der Waals surface area contributed by atoms with Crippen LogP contribution in [0.3, 0.4) is 0 Å². The fourth-order valence-corrected chi connectivity index (χ4v) is 2.51. The summed E-state index contributed by atoms with van der Waals surface area (Å²) in [5.41, 5.74) is 2.42. The highest BCUT2D eigenvalue weighted by Crippen LogP contribution is 2.13. The third kappa shape index (κ3) is 4.53. The van der Waals surface area contributed by atoms with Crippen molar-refractivity contribution in [3.8, 4) is 0 Å². The zero-order valence-electron chi connectivity index (χ0n) is 12.5. The molecule has 3 rings (SSSR count). The number of benzene rings is 2. The normalized spacial score (nSPS) is 10.4. The Bertz CT molecular complexity index is 848. The van der Waals surface area contributed by atoms with Crippen LogP contribution in [0.15, 0.2) is 60.9 Å². The van der Waals surface area contributed by atoms with Gasteiger partial charge in [0.15, 0.2) is 5.11 Å². The van der Waals surface area contributed by atoms with Gasteiger partial charge in [0.25, 0.3) is 0 Å². The Morgan fingerprint density at radius 1 is 1.12 bits per heavy atom.